The summed E-state index contributed by atoms with van der Waals surface area (Å²) in [6.45, 7) is 2.11. The first-order chi connectivity index (χ1) is 10.7. The highest BCUT2D eigenvalue weighted by molar-refractivity contribution is 6.08. The van der Waals surface area contributed by atoms with Crippen LogP contribution in [0.4, 0.5) is 0 Å². The zero-order chi connectivity index (χ0) is 15.5. The van der Waals surface area contributed by atoms with Crippen molar-refractivity contribution in [3.8, 4) is 0 Å². The molecule has 0 bridgehead atoms. The average molecular weight is 292 g/mol. The largest absolute Gasteiger partial charge is 0.323 e. The maximum Gasteiger partial charge on any atom is 0.323 e. The predicted molar refractivity (Wildman–Crippen MR) is 88.1 cm³/mol. The zero-order valence-corrected chi connectivity index (χ0v) is 12.2. The van der Waals surface area contributed by atoms with Gasteiger partial charge in [-0.3, -0.25) is 4.79 Å². The second-order valence-electron chi connectivity index (χ2n) is 5.13. The van der Waals surface area contributed by atoms with Gasteiger partial charge in [0.15, 0.2) is 5.78 Å². The summed E-state index contributed by atoms with van der Waals surface area (Å²) in [5, 5.41) is 0. The highest BCUT2D eigenvalue weighted by Gasteiger charge is 2.05. The Hall–Kier alpha value is -2.88. The van der Waals surface area contributed by atoms with Gasteiger partial charge in [-0.25, -0.2) is 4.79 Å². The Labute approximate surface area is 127 Å². The van der Waals surface area contributed by atoms with Crippen molar-refractivity contribution >= 4 is 22.9 Å². The fraction of sp³-hybridized carbons (Fsp3) is 0.111. The summed E-state index contributed by atoms with van der Waals surface area (Å²) >= 11 is 0. The number of H-pyrrole nitrogens is 2. The summed E-state index contributed by atoms with van der Waals surface area (Å²) in [4.78, 5) is 28.7. The van der Waals surface area contributed by atoms with Gasteiger partial charge in [0.05, 0.1) is 11.0 Å². The molecule has 0 unspecified atom stereocenters. The third kappa shape index (κ3) is 2.91. The van der Waals surface area contributed by atoms with E-state index in [-0.39, 0.29) is 11.5 Å². The molecule has 0 atom stereocenters. The standard InChI is InChI=1S/C18H16N2O2/c1-2-12-3-5-13(6-4-12)7-10-17(21)14-8-9-15-16(11-14)20-18(22)19-15/h3-11H,2H2,1H3,(H2,19,20,22)/b10-7+. The Balaban J connectivity index is 1.82. The van der Waals surface area contributed by atoms with E-state index in [0.29, 0.717) is 16.6 Å². The third-order valence-electron chi connectivity index (χ3n) is 3.62. The van der Waals surface area contributed by atoms with Crippen molar-refractivity contribution in [2.75, 3.05) is 0 Å². The van der Waals surface area contributed by atoms with Gasteiger partial charge in [-0.2, -0.15) is 0 Å². The number of allylic oxidation sites excluding steroid dienone is 1. The number of rotatable bonds is 4. The van der Waals surface area contributed by atoms with E-state index in [1.54, 1.807) is 30.4 Å². The molecule has 0 aliphatic heterocycles. The van der Waals surface area contributed by atoms with Crippen LogP contribution in [0, 0.1) is 0 Å². The Kier molecular flexibility index (Phi) is 3.74. The second-order valence-corrected chi connectivity index (χ2v) is 5.13. The molecule has 3 rings (SSSR count). The highest BCUT2D eigenvalue weighted by Crippen LogP contribution is 2.12. The molecule has 0 saturated heterocycles. The maximum absolute atomic E-state index is 12.2. The zero-order valence-electron chi connectivity index (χ0n) is 12.2. The highest BCUT2D eigenvalue weighted by atomic mass is 16.1. The number of carbonyl (C=O) groups excluding carboxylic acids is 1. The smallest absolute Gasteiger partial charge is 0.306 e. The normalized spacial score (nSPS) is 11.3. The van der Waals surface area contributed by atoms with Gasteiger partial charge >= 0.3 is 5.69 Å². The second kappa shape index (κ2) is 5.85. The molecule has 1 heterocycles. The molecule has 2 N–H and O–H groups in total. The van der Waals surface area contributed by atoms with E-state index < -0.39 is 0 Å². The number of hydrogen-bond acceptors (Lipinski definition) is 2. The Morgan fingerprint density at radius 3 is 2.50 bits per heavy atom. The summed E-state index contributed by atoms with van der Waals surface area (Å²) in [5.41, 5.74) is 3.86. The molecule has 3 aromatic rings. The lowest BCUT2D eigenvalue weighted by Gasteiger charge is -1.98. The number of aromatic amines is 2. The number of hydrogen-bond donors (Lipinski definition) is 2. The Bertz CT molecular complexity index is 899. The van der Waals surface area contributed by atoms with Gasteiger partial charge in [-0.05, 0) is 41.8 Å². The first-order valence-electron chi connectivity index (χ1n) is 7.19. The SMILES string of the molecule is CCc1ccc(/C=C/C(=O)c2ccc3[nH]c(=O)[nH]c3c2)cc1. The number of benzene rings is 2. The van der Waals surface area contributed by atoms with Crippen molar-refractivity contribution in [3.63, 3.8) is 0 Å². The average Bonchev–Trinajstić information content (AvgIpc) is 2.92. The van der Waals surface area contributed by atoms with Gasteiger partial charge in [0.1, 0.15) is 0 Å². The third-order valence-corrected chi connectivity index (χ3v) is 3.62. The minimum Gasteiger partial charge on any atom is -0.306 e. The van der Waals surface area contributed by atoms with E-state index in [1.807, 2.05) is 12.1 Å². The van der Waals surface area contributed by atoms with Gasteiger partial charge < -0.3 is 9.97 Å². The maximum atomic E-state index is 12.2. The molecule has 4 heteroatoms. The van der Waals surface area contributed by atoms with Crippen LogP contribution in [-0.2, 0) is 6.42 Å². The fourth-order valence-corrected chi connectivity index (χ4v) is 2.32. The molecule has 0 spiro atoms. The van der Waals surface area contributed by atoms with Crippen molar-refractivity contribution < 1.29 is 4.79 Å². The molecular weight excluding hydrogens is 276 g/mol. The van der Waals surface area contributed by atoms with Crippen LogP contribution in [0.1, 0.15) is 28.4 Å². The summed E-state index contributed by atoms with van der Waals surface area (Å²) < 4.78 is 0. The molecular formula is C18H16N2O2. The van der Waals surface area contributed by atoms with Gasteiger partial charge in [0.25, 0.3) is 0 Å². The first-order valence-corrected chi connectivity index (χ1v) is 7.19. The van der Waals surface area contributed by atoms with Crippen LogP contribution in [-0.4, -0.2) is 15.8 Å². The molecule has 0 aliphatic carbocycles. The number of fused-ring (bicyclic) bond motifs is 1. The van der Waals surface area contributed by atoms with Crippen LogP contribution in [0.2, 0.25) is 0 Å². The van der Waals surface area contributed by atoms with Crippen LogP contribution in [0.5, 0.6) is 0 Å². The minimum absolute atomic E-state index is 0.0940. The minimum atomic E-state index is -0.272. The number of nitrogens with one attached hydrogen (secondary N) is 2. The topological polar surface area (TPSA) is 65.7 Å². The van der Waals surface area contributed by atoms with E-state index in [1.165, 1.54) is 5.56 Å². The summed E-state index contributed by atoms with van der Waals surface area (Å²) in [5.74, 6) is -0.0940. The van der Waals surface area contributed by atoms with E-state index in [4.69, 9.17) is 0 Å². The van der Waals surface area contributed by atoms with E-state index >= 15 is 0 Å². The van der Waals surface area contributed by atoms with Crippen LogP contribution in [0.3, 0.4) is 0 Å². The molecule has 0 amide bonds. The summed E-state index contributed by atoms with van der Waals surface area (Å²) in [6, 6.07) is 13.2. The number of ketones is 1. The van der Waals surface area contributed by atoms with Crippen molar-refractivity contribution in [2.24, 2.45) is 0 Å². The Morgan fingerprint density at radius 2 is 1.77 bits per heavy atom. The molecule has 110 valence electrons. The van der Waals surface area contributed by atoms with Crippen LogP contribution >= 0.6 is 0 Å². The van der Waals surface area contributed by atoms with E-state index in [0.717, 1.165) is 12.0 Å². The van der Waals surface area contributed by atoms with Crippen LogP contribution in [0.15, 0.2) is 53.3 Å². The van der Waals surface area contributed by atoms with Crippen molar-refractivity contribution in [1.82, 2.24) is 9.97 Å². The van der Waals surface area contributed by atoms with Crippen LogP contribution < -0.4 is 5.69 Å². The van der Waals surface area contributed by atoms with E-state index in [2.05, 4.69) is 29.0 Å². The van der Waals surface area contributed by atoms with Gasteiger partial charge in [-0.15, -0.1) is 0 Å². The van der Waals surface area contributed by atoms with Gasteiger partial charge in [0, 0.05) is 5.56 Å². The number of aryl methyl sites for hydroxylation is 1. The Morgan fingerprint density at radius 1 is 1.05 bits per heavy atom. The van der Waals surface area contributed by atoms with Crippen molar-refractivity contribution in [3.05, 3.63) is 75.7 Å². The van der Waals surface area contributed by atoms with Crippen molar-refractivity contribution in [2.45, 2.75) is 13.3 Å². The monoisotopic (exact) mass is 292 g/mol. The van der Waals surface area contributed by atoms with Crippen LogP contribution in [0.25, 0.3) is 17.1 Å². The quantitative estimate of drug-likeness (QED) is 0.572. The molecule has 1 aromatic heterocycles. The molecule has 0 aliphatic rings. The lowest BCUT2D eigenvalue weighted by Crippen LogP contribution is -1.99. The summed E-state index contributed by atoms with van der Waals surface area (Å²) in [6.07, 6.45) is 4.34. The summed E-state index contributed by atoms with van der Waals surface area (Å²) in [7, 11) is 0. The molecule has 0 saturated carbocycles. The molecule has 2 aromatic carbocycles. The van der Waals surface area contributed by atoms with Gasteiger partial charge in [-0.1, -0.05) is 37.3 Å². The van der Waals surface area contributed by atoms with Crippen molar-refractivity contribution in [1.29, 1.82) is 0 Å². The lowest BCUT2D eigenvalue weighted by molar-refractivity contribution is 0.104. The molecule has 0 radical (unpaired) electrons. The molecule has 4 nitrogen and oxygen atoms in total. The molecule has 0 fully saturated rings. The molecule has 22 heavy (non-hydrogen) atoms. The lowest BCUT2D eigenvalue weighted by atomic mass is 10.1. The fourth-order valence-electron chi connectivity index (χ4n) is 2.32. The van der Waals surface area contributed by atoms with E-state index in [9.17, 15) is 9.59 Å². The number of carbonyl (C=O) groups is 1. The van der Waals surface area contributed by atoms with Gasteiger partial charge in [0.2, 0.25) is 0 Å². The predicted octanol–water partition coefficient (Wildman–Crippen LogP) is 3.31. The number of imidazole rings is 1. The first kappa shape index (κ1) is 14.1. The number of aromatic nitrogens is 2.